The summed E-state index contributed by atoms with van der Waals surface area (Å²) in [7, 11) is 0. The van der Waals surface area contributed by atoms with Crippen molar-refractivity contribution in [1.29, 1.82) is 0 Å². The lowest BCUT2D eigenvalue weighted by Crippen LogP contribution is -2.36. The lowest BCUT2D eigenvalue weighted by atomic mass is 10.1. The van der Waals surface area contributed by atoms with Crippen LogP contribution in [0.1, 0.15) is 62.8 Å². The Hall–Kier alpha value is -2.12. The van der Waals surface area contributed by atoms with Gasteiger partial charge < -0.3 is 15.0 Å². The molecule has 1 saturated heterocycles. The molecule has 0 bridgehead atoms. The Morgan fingerprint density at radius 1 is 1.33 bits per heavy atom. The molecule has 3 heterocycles. The van der Waals surface area contributed by atoms with Gasteiger partial charge >= 0.3 is 5.97 Å². The molecule has 1 unspecified atom stereocenters. The largest absolute Gasteiger partial charge is 0.462 e. The van der Waals surface area contributed by atoms with Gasteiger partial charge in [-0.25, -0.2) is 4.79 Å². The first-order valence-corrected chi connectivity index (χ1v) is 10.3. The average Bonchev–Trinajstić information content (AvgIpc) is 3.38. The van der Waals surface area contributed by atoms with E-state index in [0.29, 0.717) is 35.7 Å². The van der Waals surface area contributed by atoms with Crippen molar-refractivity contribution >= 4 is 23.2 Å². The number of aryl methyl sites for hydroxylation is 1. The number of nitrogens with one attached hydrogen (secondary N) is 2. The fourth-order valence-electron chi connectivity index (χ4n) is 3.71. The highest BCUT2D eigenvalue weighted by Gasteiger charge is 2.27. The fourth-order valence-corrected chi connectivity index (χ4v) is 4.57. The van der Waals surface area contributed by atoms with E-state index in [1.165, 1.54) is 17.7 Å². The molecule has 1 atom stereocenters. The first-order valence-electron chi connectivity index (χ1n) is 9.44. The van der Waals surface area contributed by atoms with Crippen molar-refractivity contribution in [3.8, 4) is 0 Å². The molecule has 1 aliphatic heterocycles. The predicted molar refractivity (Wildman–Crippen MR) is 106 cm³/mol. The molecule has 2 aromatic heterocycles. The number of carbonyl (C=O) groups is 2. The van der Waals surface area contributed by atoms with Crippen molar-refractivity contribution in [3.63, 3.8) is 0 Å². The van der Waals surface area contributed by atoms with Gasteiger partial charge in [0.2, 0.25) is 0 Å². The number of ether oxygens (including phenoxy) is 1. The molecule has 6 nitrogen and oxygen atoms in total. The van der Waals surface area contributed by atoms with Gasteiger partial charge in [-0.15, -0.1) is 11.3 Å². The Balaban J connectivity index is 1.73. The van der Waals surface area contributed by atoms with E-state index in [4.69, 9.17) is 4.74 Å². The summed E-state index contributed by atoms with van der Waals surface area (Å²) in [6, 6.07) is 4.37. The molecule has 146 valence electrons. The molecule has 0 spiro atoms. The van der Waals surface area contributed by atoms with E-state index in [1.807, 2.05) is 0 Å². The molecule has 1 amide bonds. The lowest BCUT2D eigenvalue weighted by molar-refractivity contribution is 0.0525. The Kier molecular flexibility index (Phi) is 6.34. The predicted octanol–water partition coefficient (Wildman–Crippen LogP) is 3.44. The second kappa shape index (κ2) is 8.71. The van der Waals surface area contributed by atoms with Gasteiger partial charge in [-0.05, 0) is 63.7 Å². The molecule has 1 fully saturated rings. The smallest absolute Gasteiger partial charge is 0.340 e. The minimum atomic E-state index is -0.392. The van der Waals surface area contributed by atoms with Gasteiger partial charge in [-0.3, -0.25) is 9.69 Å². The van der Waals surface area contributed by atoms with Gasteiger partial charge in [-0.1, -0.05) is 6.07 Å². The highest BCUT2D eigenvalue weighted by molar-refractivity contribution is 7.10. The molecular formula is C20H27N3O3S. The van der Waals surface area contributed by atoms with E-state index < -0.39 is 5.97 Å². The van der Waals surface area contributed by atoms with Gasteiger partial charge in [0.15, 0.2) is 0 Å². The Bertz CT molecular complexity index is 792. The van der Waals surface area contributed by atoms with Crippen LogP contribution in [-0.2, 0) is 4.74 Å². The Labute approximate surface area is 163 Å². The highest BCUT2D eigenvalue weighted by atomic mass is 32.1. The normalized spacial score (nSPS) is 15.7. The van der Waals surface area contributed by atoms with Gasteiger partial charge in [0.1, 0.15) is 5.69 Å². The van der Waals surface area contributed by atoms with Gasteiger partial charge in [0.05, 0.1) is 18.2 Å². The second-order valence-electron chi connectivity index (χ2n) is 6.83. The molecule has 0 aliphatic carbocycles. The molecular weight excluding hydrogens is 362 g/mol. The van der Waals surface area contributed by atoms with Crippen LogP contribution in [0.3, 0.4) is 0 Å². The number of likely N-dealkylation sites (tertiary alicyclic amines) is 1. The van der Waals surface area contributed by atoms with E-state index >= 15 is 0 Å². The molecule has 0 saturated carbocycles. The van der Waals surface area contributed by atoms with Gasteiger partial charge in [0.25, 0.3) is 5.91 Å². The average molecular weight is 390 g/mol. The number of hydrogen-bond acceptors (Lipinski definition) is 5. The number of aromatic amines is 1. The molecule has 7 heteroatoms. The topological polar surface area (TPSA) is 74.4 Å². The van der Waals surface area contributed by atoms with Crippen LogP contribution in [-0.4, -0.2) is 48.0 Å². The molecule has 1 aliphatic rings. The molecule has 27 heavy (non-hydrogen) atoms. The maximum absolute atomic E-state index is 12.8. The number of aromatic nitrogens is 1. The zero-order chi connectivity index (χ0) is 19.4. The number of nitrogens with zero attached hydrogens (tertiary/aromatic N) is 1. The SMILES string of the molecule is CCOC(=O)c1c(C)[nH]c(C(=O)NCC(c2cccs2)N2CCCC2)c1C. The van der Waals surface area contributed by atoms with Crippen LogP contribution in [0, 0.1) is 13.8 Å². The van der Waals surface area contributed by atoms with Crippen LogP contribution in [0.25, 0.3) is 0 Å². The summed E-state index contributed by atoms with van der Waals surface area (Å²) in [5, 5.41) is 5.13. The van der Waals surface area contributed by atoms with Crippen molar-refractivity contribution in [2.75, 3.05) is 26.2 Å². The maximum Gasteiger partial charge on any atom is 0.340 e. The van der Waals surface area contributed by atoms with Crippen LogP contribution < -0.4 is 5.32 Å². The van der Waals surface area contributed by atoms with Crippen molar-refractivity contribution < 1.29 is 14.3 Å². The third-order valence-electron chi connectivity index (χ3n) is 5.05. The summed E-state index contributed by atoms with van der Waals surface area (Å²) in [5.41, 5.74) is 2.18. The Morgan fingerprint density at radius 2 is 2.07 bits per heavy atom. The van der Waals surface area contributed by atoms with E-state index in [9.17, 15) is 9.59 Å². The fraction of sp³-hybridized carbons (Fsp3) is 0.500. The maximum atomic E-state index is 12.8. The summed E-state index contributed by atoms with van der Waals surface area (Å²) in [4.78, 5) is 31.7. The molecule has 2 aromatic rings. The minimum Gasteiger partial charge on any atom is -0.462 e. The zero-order valence-electron chi connectivity index (χ0n) is 16.1. The summed E-state index contributed by atoms with van der Waals surface area (Å²) >= 11 is 1.72. The summed E-state index contributed by atoms with van der Waals surface area (Å²) in [6.07, 6.45) is 2.40. The first-order chi connectivity index (χ1) is 13.0. The van der Waals surface area contributed by atoms with Gasteiger partial charge in [-0.2, -0.15) is 0 Å². The van der Waals surface area contributed by atoms with Crippen LogP contribution in [0.5, 0.6) is 0 Å². The van der Waals surface area contributed by atoms with Crippen LogP contribution >= 0.6 is 11.3 Å². The monoisotopic (exact) mass is 389 g/mol. The van der Waals surface area contributed by atoms with E-state index in [2.05, 4.69) is 32.7 Å². The number of esters is 1. The minimum absolute atomic E-state index is 0.188. The van der Waals surface area contributed by atoms with Crippen molar-refractivity contribution in [2.45, 2.75) is 39.7 Å². The molecule has 0 aromatic carbocycles. The third kappa shape index (κ3) is 4.25. The van der Waals surface area contributed by atoms with Gasteiger partial charge in [0, 0.05) is 17.1 Å². The zero-order valence-corrected chi connectivity index (χ0v) is 16.9. The number of carbonyl (C=O) groups excluding carboxylic acids is 2. The summed E-state index contributed by atoms with van der Waals surface area (Å²) < 4.78 is 5.10. The molecule has 3 rings (SSSR count). The van der Waals surface area contributed by atoms with E-state index in [0.717, 1.165) is 13.1 Å². The molecule has 2 N–H and O–H groups in total. The summed E-state index contributed by atoms with van der Waals surface area (Å²) in [5.74, 6) is -0.580. The highest BCUT2D eigenvalue weighted by Crippen LogP contribution is 2.28. The number of rotatable bonds is 7. The van der Waals surface area contributed by atoms with Crippen molar-refractivity contribution in [3.05, 3.63) is 44.9 Å². The van der Waals surface area contributed by atoms with Crippen LogP contribution in [0.2, 0.25) is 0 Å². The molecule has 0 radical (unpaired) electrons. The number of amides is 1. The second-order valence-corrected chi connectivity index (χ2v) is 7.81. The van der Waals surface area contributed by atoms with Crippen molar-refractivity contribution in [1.82, 2.24) is 15.2 Å². The first kappa shape index (κ1) is 19.6. The lowest BCUT2D eigenvalue weighted by Gasteiger charge is -2.26. The number of thiophene rings is 1. The standard InChI is InChI=1S/C20H27N3O3S/c1-4-26-20(25)17-13(2)18(22-14(17)3)19(24)21-12-15(16-8-7-11-27-16)23-9-5-6-10-23/h7-8,11,15,22H,4-6,9-10,12H2,1-3H3,(H,21,24). The number of H-pyrrole nitrogens is 1. The third-order valence-corrected chi connectivity index (χ3v) is 6.03. The van der Waals surface area contributed by atoms with E-state index in [-0.39, 0.29) is 11.9 Å². The number of hydrogen-bond donors (Lipinski definition) is 2. The van der Waals surface area contributed by atoms with Crippen LogP contribution in [0.15, 0.2) is 17.5 Å². The summed E-state index contributed by atoms with van der Waals surface area (Å²) in [6.45, 7) is 8.31. The van der Waals surface area contributed by atoms with Crippen LogP contribution in [0.4, 0.5) is 0 Å². The quantitative estimate of drug-likeness (QED) is 0.712. The van der Waals surface area contributed by atoms with Crippen molar-refractivity contribution in [2.24, 2.45) is 0 Å². The van der Waals surface area contributed by atoms with E-state index in [1.54, 1.807) is 32.1 Å². The Morgan fingerprint density at radius 3 is 2.70 bits per heavy atom.